The number of aromatic nitrogens is 1. The Morgan fingerprint density at radius 3 is 2.73 bits per heavy atom. The number of unbranched alkanes of at least 4 members (excludes halogenated alkanes) is 2. The van der Waals surface area contributed by atoms with Crippen LogP contribution in [-0.2, 0) is 19.6 Å². The number of hydrogen-bond donors (Lipinski definition) is 3. The Morgan fingerprint density at radius 1 is 1.07 bits per heavy atom. The van der Waals surface area contributed by atoms with E-state index in [4.69, 9.17) is 0 Å². The number of rotatable bonds is 9. The fraction of sp³-hybridized carbons (Fsp3) is 0.400. The summed E-state index contributed by atoms with van der Waals surface area (Å²) in [7, 11) is 4.13. The second-order valence-corrected chi connectivity index (χ2v) is 8.59. The topological polar surface area (TPSA) is 60.2 Å². The SMILES string of the molecule is CCCCCNCc1ccc2[nH]c(-c3cc(CN(C)C)cc4c3C(=O)NC4)cc2c1. The lowest BCUT2D eigenvalue weighted by Crippen LogP contribution is -2.14. The average Bonchev–Trinajstić information content (AvgIpc) is 3.30. The summed E-state index contributed by atoms with van der Waals surface area (Å²) in [4.78, 5) is 18.2. The summed E-state index contributed by atoms with van der Waals surface area (Å²) < 4.78 is 0. The number of carbonyl (C=O) groups excluding carboxylic acids is 1. The second kappa shape index (κ2) is 9.02. The van der Waals surface area contributed by atoms with E-state index >= 15 is 0 Å². The average molecular weight is 405 g/mol. The number of aromatic amines is 1. The highest BCUT2D eigenvalue weighted by molar-refractivity contribution is 6.05. The van der Waals surface area contributed by atoms with Crippen LogP contribution in [0.1, 0.15) is 53.2 Å². The molecule has 0 aliphatic carbocycles. The van der Waals surface area contributed by atoms with E-state index in [9.17, 15) is 4.79 Å². The Morgan fingerprint density at radius 2 is 1.93 bits per heavy atom. The third-order valence-corrected chi connectivity index (χ3v) is 5.71. The van der Waals surface area contributed by atoms with Gasteiger partial charge in [-0.3, -0.25) is 4.79 Å². The summed E-state index contributed by atoms with van der Waals surface area (Å²) in [6, 6.07) is 13.1. The van der Waals surface area contributed by atoms with Gasteiger partial charge in [-0.1, -0.05) is 31.9 Å². The minimum absolute atomic E-state index is 0.0204. The van der Waals surface area contributed by atoms with Crippen LogP contribution in [0, 0.1) is 0 Å². The van der Waals surface area contributed by atoms with Crippen molar-refractivity contribution in [3.63, 3.8) is 0 Å². The van der Waals surface area contributed by atoms with Crippen LogP contribution in [0.15, 0.2) is 36.4 Å². The van der Waals surface area contributed by atoms with Crippen molar-refractivity contribution in [1.82, 2.24) is 20.5 Å². The van der Waals surface area contributed by atoms with Gasteiger partial charge in [0.05, 0.1) is 5.56 Å². The molecule has 1 aromatic heterocycles. The molecule has 1 aliphatic heterocycles. The molecule has 5 nitrogen and oxygen atoms in total. The van der Waals surface area contributed by atoms with E-state index in [2.05, 4.69) is 77.9 Å². The number of hydrogen-bond acceptors (Lipinski definition) is 3. The molecular weight excluding hydrogens is 372 g/mol. The summed E-state index contributed by atoms with van der Waals surface area (Å²) in [6.07, 6.45) is 3.75. The molecule has 0 bridgehead atoms. The fourth-order valence-corrected chi connectivity index (χ4v) is 4.28. The highest BCUT2D eigenvalue weighted by Crippen LogP contribution is 2.33. The molecule has 5 heteroatoms. The lowest BCUT2D eigenvalue weighted by atomic mass is 9.97. The Labute approximate surface area is 178 Å². The lowest BCUT2D eigenvalue weighted by molar-refractivity contribution is 0.0966. The summed E-state index contributed by atoms with van der Waals surface area (Å²) >= 11 is 0. The minimum Gasteiger partial charge on any atom is -0.355 e. The monoisotopic (exact) mass is 404 g/mol. The number of nitrogens with one attached hydrogen (secondary N) is 3. The predicted octanol–water partition coefficient (Wildman–Crippen LogP) is 4.42. The first-order valence-electron chi connectivity index (χ1n) is 11.0. The van der Waals surface area contributed by atoms with Gasteiger partial charge in [0.25, 0.3) is 5.91 Å². The number of carbonyl (C=O) groups is 1. The molecule has 0 spiro atoms. The molecule has 3 N–H and O–H groups in total. The van der Waals surface area contributed by atoms with Crippen molar-refractivity contribution in [1.29, 1.82) is 0 Å². The van der Waals surface area contributed by atoms with E-state index in [0.29, 0.717) is 6.54 Å². The molecule has 2 aromatic carbocycles. The van der Waals surface area contributed by atoms with Gasteiger partial charge in [0.2, 0.25) is 0 Å². The predicted molar refractivity (Wildman–Crippen MR) is 124 cm³/mol. The van der Waals surface area contributed by atoms with Crippen LogP contribution in [0.25, 0.3) is 22.2 Å². The van der Waals surface area contributed by atoms with E-state index in [1.807, 2.05) is 0 Å². The molecule has 2 heterocycles. The van der Waals surface area contributed by atoms with Crippen molar-refractivity contribution in [2.75, 3.05) is 20.6 Å². The van der Waals surface area contributed by atoms with Crippen LogP contribution in [0.3, 0.4) is 0 Å². The third-order valence-electron chi connectivity index (χ3n) is 5.71. The molecule has 4 rings (SSSR count). The van der Waals surface area contributed by atoms with E-state index in [-0.39, 0.29) is 5.91 Å². The van der Waals surface area contributed by atoms with E-state index < -0.39 is 0 Å². The summed E-state index contributed by atoms with van der Waals surface area (Å²) in [5.41, 5.74) is 7.51. The van der Waals surface area contributed by atoms with Crippen LogP contribution in [-0.4, -0.2) is 36.4 Å². The number of benzene rings is 2. The smallest absolute Gasteiger partial charge is 0.252 e. The van der Waals surface area contributed by atoms with Crippen LogP contribution >= 0.6 is 0 Å². The summed E-state index contributed by atoms with van der Waals surface area (Å²) in [6.45, 7) is 5.63. The molecule has 0 atom stereocenters. The highest BCUT2D eigenvalue weighted by Gasteiger charge is 2.25. The maximum atomic E-state index is 12.5. The molecule has 0 radical (unpaired) electrons. The van der Waals surface area contributed by atoms with Gasteiger partial charge in [-0.15, -0.1) is 0 Å². The van der Waals surface area contributed by atoms with Gasteiger partial charge in [0.1, 0.15) is 0 Å². The zero-order valence-corrected chi connectivity index (χ0v) is 18.3. The van der Waals surface area contributed by atoms with E-state index in [1.54, 1.807) is 0 Å². The molecule has 0 saturated carbocycles. The largest absolute Gasteiger partial charge is 0.355 e. The third kappa shape index (κ3) is 4.42. The number of nitrogens with zero attached hydrogens (tertiary/aromatic N) is 1. The Balaban J connectivity index is 1.63. The van der Waals surface area contributed by atoms with Gasteiger partial charge in [0, 0.05) is 41.8 Å². The fourth-order valence-electron chi connectivity index (χ4n) is 4.28. The second-order valence-electron chi connectivity index (χ2n) is 8.59. The van der Waals surface area contributed by atoms with E-state index in [0.717, 1.165) is 47.5 Å². The Hall–Kier alpha value is -2.63. The number of fused-ring (bicyclic) bond motifs is 2. The van der Waals surface area contributed by atoms with Crippen molar-refractivity contribution in [2.24, 2.45) is 0 Å². The number of amides is 1. The maximum Gasteiger partial charge on any atom is 0.252 e. The van der Waals surface area contributed by atoms with Gasteiger partial charge in [-0.2, -0.15) is 0 Å². The van der Waals surface area contributed by atoms with Gasteiger partial charge in [0.15, 0.2) is 0 Å². The molecule has 1 amide bonds. The van der Waals surface area contributed by atoms with Crippen molar-refractivity contribution >= 4 is 16.8 Å². The molecule has 1 aliphatic rings. The van der Waals surface area contributed by atoms with E-state index in [1.165, 1.54) is 35.8 Å². The van der Waals surface area contributed by atoms with Crippen molar-refractivity contribution in [3.8, 4) is 11.3 Å². The van der Waals surface area contributed by atoms with Crippen molar-refractivity contribution in [3.05, 3.63) is 58.7 Å². The van der Waals surface area contributed by atoms with Gasteiger partial charge in [-0.25, -0.2) is 0 Å². The zero-order valence-electron chi connectivity index (χ0n) is 18.3. The van der Waals surface area contributed by atoms with Crippen LogP contribution in [0.4, 0.5) is 0 Å². The molecule has 158 valence electrons. The lowest BCUT2D eigenvalue weighted by Gasteiger charge is -2.13. The van der Waals surface area contributed by atoms with Crippen LogP contribution in [0.5, 0.6) is 0 Å². The first-order chi connectivity index (χ1) is 14.5. The Bertz CT molecular complexity index is 1050. The summed E-state index contributed by atoms with van der Waals surface area (Å²) in [5, 5.41) is 7.70. The quantitative estimate of drug-likeness (QED) is 0.463. The van der Waals surface area contributed by atoms with Crippen molar-refractivity contribution in [2.45, 2.75) is 45.8 Å². The van der Waals surface area contributed by atoms with Gasteiger partial charge >= 0.3 is 0 Å². The molecule has 3 aromatic rings. The molecule has 30 heavy (non-hydrogen) atoms. The summed E-state index contributed by atoms with van der Waals surface area (Å²) in [5.74, 6) is 0.0204. The normalized spacial score (nSPS) is 13.3. The minimum atomic E-state index is 0.0204. The van der Waals surface area contributed by atoms with Crippen molar-refractivity contribution < 1.29 is 4.79 Å². The standard InChI is InChI=1S/C25H32N4O/c1-4-5-6-9-26-14-17-7-8-22-19(10-17)13-23(28-22)21-12-18(16-29(2)3)11-20-15-27-25(30)24(20)21/h7-8,10-13,26,28H,4-6,9,14-16H2,1-3H3,(H,27,30). The van der Waals surface area contributed by atoms with Gasteiger partial charge in [-0.05, 0) is 68.0 Å². The highest BCUT2D eigenvalue weighted by atomic mass is 16.1. The Kier molecular flexibility index (Phi) is 6.21. The first-order valence-corrected chi connectivity index (χ1v) is 11.0. The number of H-pyrrole nitrogens is 1. The molecule has 0 unspecified atom stereocenters. The molecule has 0 saturated heterocycles. The van der Waals surface area contributed by atoms with Crippen LogP contribution < -0.4 is 10.6 Å². The first kappa shape index (κ1) is 20.6. The van der Waals surface area contributed by atoms with Crippen LogP contribution in [0.2, 0.25) is 0 Å². The molecule has 0 fully saturated rings. The van der Waals surface area contributed by atoms with Gasteiger partial charge < -0.3 is 20.5 Å². The molecular formula is C25H32N4O. The zero-order chi connectivity index (χ0) is 21.1. The maximum absolute atomic E-state index is 12.5.